The second kappa shape index (κ2) is 4.09. The maximum absolute atomic E-state index is 3.70. The Balaban J connectivity index is 2.40. The summed E-state index contributed by atoms with van der Waals surface area (Å²) in [6.45, 7) is 2.18. The zero-order valence-electron chi connectivity index (χ0n) is 3.62. The highest BCUT2D eigenvalue weighted by Crippen LogP contribution is 1.76. The van der Waals surface area contributed by atoms with Gasteiger partial charge in [0.25, 0.3) is 0 Å². The minimum absolute atomic E-state index is 0.908. The molecule has 0 spiro atoms. The van der Waals surface area contributed by atoms with Crippen molar-refractivity contribution in [1.29, 1.82) is 0 Å². The van der Waals surface area contributed by atoms with Crippen LogP contribution in [-0.2, 0) is 0 Å². The van der Waals surface area contributed by atoms with Crippen LogP contribution in [0.1, 0.15) is 13.3 Å². The lowest BCUT2D eigenvalue weighted by atomic mass is 10.6. The fraction of sp³-hybridized carbons (Fsp3) is 0.750. The first-order valence-corrected chi connectivity index (χ1v) is 3.33. The van der Waals surface area contributed by atoms with Crippen LogP contribution in [0.5, 0.6) is 0 Å². The highest BCUT2D eigenvalue weighted by Gasteiger charge is 1.63. The summed E-state index contributed by atoms with van der Waals surface area (Å²) in [7, 11) is 0.908. The summed E-state index contributed by atoms with van der Waals surface area (Å²) < 4.78 is 0. The van der Waals surface area contributed by atoms with E-state index in [1.807, 2.05) is 0 Å². The molecule has 0 rings (SSSR count). The van der Waals surface area contributed by atoms with Crippen LogP contribution in [0.3, 0.4) is 0 Å². The van der Waals surface area contributed by atoms with Crippen molar-refractivity contribution in [2.75, 3.05) is 0 Å². The van der Waals surface area contributed by atoms with Gasteiger partial charge in [0.2, 0.25) is 0 Å². The number of hydrogen-bond donors (Lipinski definition) is 0. The van der Waals surface area contributed by atoms with E-state index in [0.29, 0.717) is 0 Å². The molecule has 1 heteroatoms. The molecular formula is C4H9Si. The molecule has 0 aliphatic rings. The molecule has 5 heavy (non-hydrogen) atoms. The molecule has 0 unspecified atom stereocenters. The van der Waals surface area contributed by atoms with E-state index in [9.17, 15) is 0 Å². The van der Waals surface area contributed by atoms with E-state index in [1.54, 1.807) is 0 Å². The van der Waals surface area contributed by atoms with Gasteiger partial charge < -0.3 is 0 Å². The van der Waals surface area contributed by atoms with Crippen molar-refractivity contribution in [3.05, 3.63) is 0 Å². The Labute approximate surface area is 35.6 Å². The second-order valence-electron chi connectivity index (χ2n) is 1.000. The van der Waals surface area contributed by atoms with E-state index >= 15 is 0 Å². The van der Waals surface area contributed by atoms with Crippen LogP contribution in [0, 0.1) is 0 Å². The van der Waals surface area contributed by atoms with Gasteiger partial charge in [0.05, 0.1) is 0 Å². The van der Waals surface area contributed by atoms with Gasteiger partial charge in [-0.2, -0.15) is 0 Å². The fourth-order valence-corrected chi connectivity index (χ4v) is 0.530. The van der Waals surface area contributed by atoms with Gasteiger partial charge in [-0.1, -0.05) is 13.3 Å². The van der Waals surface area contributed by atoms with Crippen LogP contribution in [0.4, 0.5) is 0 Å². The topological polar surface area (TPSA) is 0 Å². The van der Waals surface area contributed by atoms with E-state index in [-0.39, 0.29) is 0 Å². The Hall–Kier alpha value is 0.0869. The maximum atomic E-state index is 3.70. The second-order valence-corrected chi connectivity index (χ2v) is 2.00. The van der Waals surface area contributed by atoms with Crippen molar-refractivity contribution < 1.29 is 0 Å². The fourth-order valence-electron chi connectivity index (χ4n) is 0.177. The molecule has 0 heterocycles. The minimum atomic E-state index is 0.908. The minimum Gasteiger partial charge on any atom is -0.118 e. The van der Waals surface area contributed by atoms with Crippen LogP contribution in [0.15, 0.2) is 0 Å². The summed E-state index contributed by atoms with van der Waals surface area (Å²) in [4.78, 5) is 0. The average Bonchev–Trinajstić information content (AvgIpc) is 1.41. The standard InChI is InChI=1S/C4H9Si/c1-3-4-5-2/h2-4H2,1H3. The molecule has 0 N–H and O–H groups in total. The first kappa shape index (κ1) is 5.09. The quantitative estimate of drug-likeness (QED) is 0.438. The molecule has 0 bridgehead atoms. The normalized spacial score (nSPS) is 7.40. The Morgan fingerprint density at radius 3 is 2.40 bits per heavy atom. The number of rotatable bonds is 2. The van der Waals surface area contributed by atoms with Crippen molar-refractivity contribution in [3.63, 3.8) is 0 Å². The van der Waals surface area contributed by atoms with Crippen molar-refractivity contribution in [3.8, 4) is 0 Å². The Kier molecular flexibility index (Phi) is 4.16. The zero-order valence-corrected chi connectivity index (χ0v) is 4.62. The van der Waals surface area contributed by atoms with Crippen LogP contribution >= 0.6 is 0 Å². The molecule has 0 aromatic heterocycles. The van der Waals surface area contributed by atoms with E-state index in [0.717, 1.165) is 9.13 Å². The summed E-state index contributed by atoms with van der Waals surface area (Å²) in [5.41, 5.74) is 0. The highest BCUT2D eigenvalue weighted by molar-refractivity contribution is 6.40. The van der Waals surface area contributed by atoms with Crippen LogP contribution in [0.2, 0.25) is 6.04 Å². The van der Waals surface area contributed by atoms with E-state index < -0.39 is 0 Å². The predicted molar refractivity (Wildman–Crippen MR) is 28.0 cm³/mol. The number of hydrogen-bond acceptors (Lipinski definition) is 0. The third-order valence-electron chi connectivity index (χ3n) is 0.427. The monoisotopic (exact) mass is 85.0 g/mol. The summed E-state index contributed by atoms with van der Waals surface area (Å²) >= 11 is 0. The Bertz CT molecular complexity index is 24.8. The molecule has 0 fully saturated rings. The SMILES string of the molecule is C=[Si]CCC. The lowest BCUT2D eigenvalue weighted by Gasteiger charge is -1.71. The third kappa shape index (κ3) is 4.09. The van der Waals surface area contributed by atoms with E-state index in [4.69, 9.17) is 0 Å². The predicted octanol–water partition coefficient (Wildman–Crippen LogP) is 0.951. The van der Waals surface area contributed by atoms with Crippen molar-refractivity contribution in [1.82, 2.24) is 0 Å². The Morgan fingerprint density at radius 1 is 1.80 bits per heavy atom. The van der Waals surface area contributed by atoms with Gasteiger partial charge >= 0.3 is 0 Å². The molecule has 0 amide bonds. The molecule has 0 atom stereocenters. The highest BCUT2D eigenvalue weighted by atomic mass is 28.2. The summed E-state index contributed by atoms with van der Waals surface area (Å²) in [6, 6.07) is 1.31. The first-order valence-electron chi connectivity index (χ1n) is 1.91. The largest absolute Gasteiger partial charge is 0.118 e. The van der Waals surface area contributed by atoms with Crippen molar-refractivity contribution >= 4 is 15.3 Å². The molecule has 0 aromatic rings. The van der Waals surface area contributed by atoms with Crippen LogP contribution in [0.25, 0.3) is 0 Å². The van der Waals surface area contributed by atoms with Gasteiger partial charge in [-0.05, 0) is 6.04 Å². The molecular weight excluding hydrogens is 76.1 g/mol. The molecule has 0 aliphatic carbocycles. The lowest BCUT2D eigenvalue weighted by Crippen LogP contribution is -1.66. The third-order valence-corrected chi connectivity index (χ3v) is 1.28. The van der Waals surface area contributed by atoms with Crippen LogP contribution in [-0.4, -0.2) is 15.3 Å². The lowest BCUT2D eigenvalue weighted by molar-refractivity contribution is 1.08. The molecule has 0 aromatic carbocycles. The smallest absolute Gasteiger partial charge is 0.0110 e. The van der Waals surface area contributed by atoms with Crippen LogP contribution < -0.4 is 0 Å². The molecule has 0 nitrogen and oxygen atoms in total. The van der Waals surface area contributed by atoms with Gasteiger partial charge in [0.1, 0.15) is 0 Å². The summed E-state index contributed by atoms with van der Waals surface area (Å²) in [5.74, 6) is 0. The molecule has 1 radical (unpaired) electrons. The summed E-state index contributed by atoms with van der Waals surface area (Å²) in [6.07, 6.45) is 5.00. The molecule has 0 saturated carbocycles. The van der Waals surface area contributed by atoms with Crippen molar-refractivity contribution in [2.45, 2.75) is 19.4 Å². The van der Waals surface area contributed by atoms with Gasteiger partial charge in [-0.15, -0.1) is 6.17 Å². The van der Waals surface area contributed by atoms with Gasteiger partial charge in [0.15, 0.2) is 0 Å². The summed E-state index contributed by atoms with van der Waals surface area (Å²) in [5, 5.41) is 0. The first-order chi connectivity index (χ1) is 2.41. The zero-order chi connectivity index (χ0) is 4.12. The molecule has 29 valence electrons. The van der Waals surface area contributed by atoms with E-state index in [1.165, 1.54) is 12.5 Å². The Morgan fingerprint density at radius 2 is 2.40 bits per heavy atom. The molecule has 0 aliphatic heterocycles. The maximum Gasteiger partial charge on any atom is 0.0110 e. The van der Waals surface area contributed by atoms with Crippen molar-refractivity contribution in [2.24, 2.45) is 0 Å². The van der Waals surface area contributed by atoms with Gasteiger partial charge in [-0.3, -0.25) is 0 Å². The van der Waals surface area contributed by atoms with E-state index in [2.05, 4.69) is 13.1 Å². The molecule has 0 saturated heterocycles. The van der Waals surface area contributed by atoms with Gasteiger partial charge in [-0.25, -0.2) is 0 Å². The average molecular weight is 85.2 g/mol. The van der Waals surface area contributed by atoms with Gasteiger partial charge in [0, 0.05) is 9.13 Å².